The van der Waals surface area contributed by atoms with Crippen molar-refractivity contribution in [1.82, 2.24) is 0 Å². The summed E-state index contributed by atoms with van der Waals surface area (Å²) in [7, 11) is 0. The van der Waals surface area contributed by atoms with Crippen LogP contribution in [0.2, 0.25) is 0 Å². The van der Waals surface area contributed by atoms with Gasteiger partial charge in [-0.05, 0) is 40.8 Å². The molecule has 0 fully saturated rings. The molecule has 0 saturated carbocycles. The zero-order valence-electron chi connectivity index (χ0n) is 19.5. The summed E-state index contributed by atoms with van der Waals surface area (Å²) in [5.74, 6) is -5.20. The van der Waals surface area contributed by atoms with E-state index < -0.39 is 35.1 Å². The number of hydrogen-bond donors (Lipinski definition) is 2. The molecule has 184 valence electrons. The van der Waals surface area contributed by atoms with Gasteiger partial charge in [0.1, 0.15) is 0 Å². The molecular weight excluding hydrogens is 468 g/mol. The van der Waals surface area contributed by atoms with E-state index in [1.165, 1.54) is 24.3 Å². The highest BCUT2D eigenvalue weighted by Crippen LogP contribution is 2.32. The standard InChI is InChI=1S/C30H24F4O2/c1-2-3-25(35)21-12-10-20(11-13-21)24-16-15-23(28(32)29(24)33)19-7-4-18(5-8-19)6-9-22-14-17-26(36)30(34)27(22)31/h4-17,25,35-36H,2-3H2,1H3/b9-6+. The Bertz CT molecular complexity index is 1390. The van der Waals surface area contributed by atoms with Crippen molar-refractivity contribution in [3.63, 3.8) is 0 Å². The van der Waals surface area contributed by atoms with Crippen LogP contribution >= 0.6 is 0 Å². The lowest BCUT2D eigenvalue weighted by Crippen LogP contribution is -1.97. The summed E-state index contributed by atoms with van der Waals surface area (Å²) >= 11 is 0. The second kappa shape index (κ2) is 10.8. The van der Waals surface area contributed by atoms with Crippen LogP contribution in [0.15, 0.2) is 72.8 Å². The third-order valence-electron chi connectivity index (χ3n) is 6.02. The second-order valence-electron chi connectivity index (χ2n) is 8.47. The molecule has 0 heterocycles. The molecule has 0 bridgehead atoms. The predicted octanol–water partition coefficient (Wildman–Crippen LogP) is 8.29. The van der Waals surface area contributed by atoms with Crippen molar-refractivity contribution in [1.29, 1.82) is 0 Å². The summed E-state index contributed by atoms with van der Waals surface area (Å²) in [6.45, 7) is 1.97. The molecule has 0 spiro atoms. The van der Waals surface area contributed by atoms with Gasteiger partial charge in [0.25, 0.3) is 0 Å². The van der Waals surface area contributed by atoms with Crippen LogP contribution in [0, 0.1) is 23.3 Å². The van der Waals surface area contributed by atoms with E-state index in [1.807, 2.05) is 6.92 Å². The molecule has 1 atom stereocenters. The molecule has 0 saturated heterocycles. The van der Waals surface area contributed by atoms with E-state index in [1.54, 1.807) is 54.6 Å². The molecule has 4 aromatic rings. The minimum Gasteiger partial charge on any atom is -0.505 e. The first-order valence-electron chi connectivity index (χ1n) is 11.5. The Morgan fingerprint density at radius 2 is 1.22 bits per heavy atom. The Morgan fingerprint density at radius 3 is 1.78 bits per heavy atom. The molecule has 0 radical (unpaired) electrons. The molecule has 6 heteroatoms. The number of halogens is 4. The highest BCUT2D eigenvalue weighted by molar-refractivity contribution is 5.75. The average Bonchev–Trinajstić information content (AvgIpc) is 2.89. The van der Waals surface area contributed by atoms with Crippen molar-refractivity contribution in [2.45, 2.75) is 25.9 Å². The summed E-state index contributed by atoms with van der Waals surface area (Å²) in [5.41, 5.74) is 2.49. The summed E-state index contributed by atoms with van der Waals surface area (Å²) in [4.78, 5) is 0. The first-order chi connectivity index (χ1) is 17.3. The van der Waals surface area contributed by atoms with E-state index in [9.17, 15) is 27.8 Å². The van der Waals surface area contributed by atoms with Crippen molar-refractivity contribution in [2.75, 3.05) is 0 Å². The molecule has 1 unspecified atom stereocenters. The Labute approximate surface area is 206 Å². The molecule has 4 rings (SSSR count). The van der Waals surface area contributed by atoms with E-state index in [0.717, 1.165) is 18.1 Å². The van der Waals surface area contributed by atoms with Crippen molar-refractivity contribution in [2.24, 2.45) is 0 Å². The molecule has 2 nitrogen and oxygen atoms in total. The SMILES string of the molecule is CCCC(O)c1ccc(-c2ccc(-c3ccc(/C=C/c4ccc(O)c(F)c4F)cc3)c(F)c2F)cc1. The number of aliphatic hydroxyl groups is 1. The first-order valence-corrected chi connectivity index (χ1v) is 11.5. The van der Waals surface area contributed by atoms with Crippen LogP contribution < -0.4 is 0 Å². The molecule has 0 aliphatic rings. The Kier molecular flexibility index (Phi) is 7.55. The normalized spacial score (nSPS) is 12.3. The minimum atomic E-state index is -1.32. The topological polar surface area (TPSA) is 40.5 Å². The van der Waals surface area contributed by atoms with Gasteiger partial charge in [-0.15, -0.1) is 0 Å². The lowest BCUT2D eigenvalue weighted by atomic mass is 9.96. The van der Waals surface area contributed by atoms with Gasteiger partial charge in [0.15, 0.2) is 23.2 Å². The Balaban J connectivity index is 1.55. The zero-order chi connectivity index (χ0) is 25.8. The van der Waals surface area contributed by atoms with E-state index in [-0.39, 0.29) is 16.7 Å². The molecule has 0 amide bonds. The Hall–Kier alpha value is -3.90. The lowest BCUT2D eigenvalue weighted by Gasteiger charge is -2.12. The molecule has 2 N–H and O–H groups in total. The lowest BCUT2D eigenvalue weighted by molar-refractivity contribution is 0.166. The largest absolute Gasteiger partial charge is 0.505 e. The smallest absolute Gasteiger partial charge is 0.200 e. The zero-order valence-corrected chi connectivity index (χ0v) is 19.5. The van der Waals surface area contributed by atoms with Crippen LogP contribution in [-0.4, -0.2) is 10.2 Å². The monoisotopic (exact) mass is 492 g/mol. The van der Waals surface area contributed by atoms with Crippen molar-refractivity contribution in [3.05, 3.63) is 113 Å². The van der Waals surface area contributed by atoms with Crippen LogP contribution in [0.4, 0.5) is 17.6 Å². The molecule has 0 aliphatic carbocycles. The van der Waals surface area contributed by atoms with Gasteiger partial charge in [0, 0.05) is 16.7 Å². The third-order valence-corrected chi connectivity index (χ3v) is 6.02. The molecular formula is C30H24F4O2. The fourth-order valence-electron chi connectivity index (χ4n) is 3.96. The van der Waals surface area contributed by atoms with Crippen molar-refractivity contribution < 1.29 is 27.8 Å². The highest BCUT2D eigenvalue weighted by Gasteiger charge is 2.17. The van der Waals surface area contributed by atoms with Crippen LogP contribution in [0.1, 0.15) is 42.6 Å². The van der Waals surface area contributed by atoms with Crippen LogP contribution in [-0.2, 0) is 0 Å². The van der Waals surface area contributed by atoms with Crippen LogP contribution in [0.25, 0.3) is 34.4 Å². The number of phenols is 1. The average molecular weight is 493 g/mol. The van der Waals surface area contributed by atoms with Crippen LogP contribution in [0.3, 0.4) is 0 Å². The maximum absolute atomic E-state index is 15.0. The Morgan fingerprint density at radius 1 is 0.667 bits per heavy atom. The van der Waals surface area contributed by atoms with Gasteiger partial charge in [-0.25, -0.2) is 13.2 Å². The quantitative estimate of drug-likeness (QED) is 0.201. The summed E-state index contributed by atoms with van der Waals surface area (Å²) in [6.07, 6.45) is 3.76. The third kappa shape index (κ3) is 5.19. The number of rotatable bonds is 7. The van der Waals surface area contributed by atoms with Gasteiger partial charge in [0.2, 0.25) is 5.82 Å². The van der Waals surface area contributed by atoms with E-state index in [0.29, 0.717) is 23.1 Å². The van der Waals surface area contributed by atoms with Crippen molar-refractivity contribution in [3.8, 4) is 28.0 Å². The molecule has 36 heavy (non-hydrogen) atoms. The summed E-state index contributed by atoms with van der Waals surface area (Å²) in [5, 5.41) is 19.3. The first kappa shape index (κ1) is 25.2. The van der Waals surface area contributed by atoms with E-state index >= 15 is 0 Å². The summed E-state index contributed by atoms with van der Waals surface area (Å²) < 4.78 is 57.4. The van der Waals surface area contributed by atoms with Crippen LogP contribution in [0.5, 0.6) is 5.75 Å². The predicted molar refractivity (Wildman–Crippen MR) is 134 cm³/mol. The number of hydrogen-bond acceptors (Lipinski definition) is 2. The maximum atomic E-state index is 15.0. The van der Waals surface area contributed by atoms with Crippen molar-refractivity contribution >= 4 is 12.2 Å². The van der Waals surface area contributed by atoms with Gasteiger partial charge in [-0.2, -0.15) is 4.39 Å². The van der Waals surface area contributed by atoms with Gasteiger partial charge in [-0.1, -0.05) is 86.2 Å². The highest BCUT2D eigenvalue weighted by atomic mass is 19.2. The molecule has 4 aromatic carbocycles. The van der Waals surface area contributed by atoms with Gasteiger partial charge >= 0.3 is 0 Å². The second-order valence-corrected chi connectivity index (χ2v) is 8.47. The minimum absolute atomic E-state index is 0.0361. The summed E-state index contributed by atoms with van der Waals surface area (Å²) in [6, 6.07) is 18.6. The number of phenolic OH excluding ortho intramolecular Hbond substituents is 1. The maximum Gasteiger partial charge on any atom is 0.200 e. The molecule has 0 aliphatic heterocycles. The number of benzene rings is 4. The van der Waals surface area contributed by atoms with Gasteiger partial charge < -0.3 is 10.2 Å². The van der Waals surface area contributed by atoms with Gasteiger partial charge in [0.05, 0.1) is 6.10 Å². The fourth-order valence-corrected chi connectivity index (χ4v) is 3.96. The van der Waals surface area contributed by atoms with E-state index in [2.05, 4.69) is 0 Å². The van der Waals surface area contributed by atoms with Gasteiger partial charge in [-0.3, -0.25) is 0 Å². The van der Waals surface area contributed by atoms with E-state index in [4.69, 9.17) is 0 Å². The number of aliphatic hydroxyl groups excluding tert-OH is 1. The molecule has 0 aromatic heterocycles. The number of aromatic hydroxyl groups is 1. The fraction of sp³-hybridized carbons (Fsp3) is 0.133.